The van der Waals surface area contributed by atoms with Gasteiger partial charge in [0.25, 0.3) is 0 Å². The van der Waals surface area contributed by atoms with Crippen molar-refractivity contribution in [2.24, 2.45) is 0 Å². The standard InChI is InChI=1S/C5H5NO2.C2H2O4/c1-4-2-5(3-7)8-6-4;3-1(4)2(5)6/h2-3H,1H3;(H,3,4)(H,5,6). The number of carboxylic acid groups (broad SMARTS) is 2. The fourth-order valence-corrected chi connectivity index (χ4v) is 0.439. The molecule has 7 heteroatoms. The zero-order chi connectivity index (χ0) is 11.1. The molecule has 0 aliphatic rings. The molecule has 1 heterocycles. The van der Waals surface area contributed by atoms with Gasteiger partial charge in [-0.15, -0.1) is 0 Å². The summed E-state index contributed by atoms with van der Waals surface area (Å²) in [5.41, 5.74) is 0.729. The molecule has 0 aliphatic heterocycles. The number of aryl methyl sites for hydroxylation is 1. The summed E-state index contributed by atoms with van der Waals surface area (Å²) in [4.78, 5) is 28.1. The number of carbonyl (C=O) groups is 3. The number of nitrogens with zero attached hydrogens (tertiary/aromatic N) is 1. The Morgan fingerprint density at radius 1 is 1.43 bits per heavy atom. The SMILES string of the molecule is Cc1cc(C=O)on1.O=C(O)C(=O)O. The van der Waals surface area contributed by atoms with Crippen LogP contribution in [0.15, 0.2) is 10.6 Å². The van der Waals surface area contributed by atoms with Gasteiger partial charge in [0.05, 0.1) is 5.69 Å². The minimum atomic E-state index is -1.82. The van der Waals surface area contributed by atoms with Gasteiger partial charge in [0.1, 0.15) is 0 Å². The summed E-state index contributed by atoms with van der Waals surface area (Å²) in [6.45, 7) is 1.76. The molecule has 1 rings (SSSR count). The normalized spacial score (nSPS) is 8.36. The lowest BCUT2D eigenvalue weighted by Crippen LogP contribution is -2.09. The zero-order valence-corrected chi connectivity index (χ0v) is 7.13. The molecule has 1 aromatic rings. The number of carbonyl (C=O) groups excluding carboxylic acids is 1. The Kier molecular flexibility index (Phi) is 4.61. The summed E-state index contributed by atoms with van der Waals surface area (Å²) in [7, 11) is 0. The first-order valence-corrected chi connectivity index (χ1v) is 3.32. The van der Waals surface area contributed by atoms with Crippen LogP contribution in [0, 0.1) is 6.92 Å². The van der Waals surface area contributed by atoms with Crippen LogP contribution in [0.5, 0.6) is 0 Å². The Morgan fingerprint density at radius 3 is 2.07 bits per heavy atom. The summed E-state index contributed by atoms with van der Waals surface area (Å²) < 4.78 is 4.50. The molecule has 76 valence electrons. The second kappa shape index (κ2) is 5.46. The van der Waals surface area contributed by atoms with Crippen LogP contribution < -0.4 is 0 Å². The van der Waals surface area contributed by atoms with Gasteiger partial charge in [-0.1, -0.05) is 5.16 Å². The van der Waals surface area contributed by atoms with Gasteiger partial charge in [0.2, 0.25) is 0 Å². The number of aliphatic carboxylic acids is 2. The first-order valence-electron chi connectivity index (χ1n) is 3.32. The minimum absolute atomic E-state index is 0.280. The Hall–Kier alpha value is -2.18. The van der Waals surface area contributed by atoms with Crippen molar-refractivity contribution in [3.8, 4) is 0 Å². The van der Waals surface area contributed by atoms with Gasteiger partial charge in [-0.05, 0) is 6.92 Å². The maximum atomic E-state index is 9.89. The van der Waals surface area contributed by atoms with Crippen molar-refractivity contribution in [1.82, 2.24) is 5.16 Å². The Balaban J connectivity index is 0.000000255. The van der Waals surface area contributed by atoms with Gasteiger partial charge in [-0.25, -0.2) is 9.59 Å². The summed E-state index contributed by atoms with van der Waals surface area (Å²) in [5, 5.41) is 18.3. The lowest BCUT2D eigenvalue weighted by Gasteiger charge is -1.72. The molecule has 0 radical (unpaired) electrons. The molecule has 2 N–H and O–H groups in total. The molecule has 0 saturated carbocycles. The average Bonchev–Trinajstić information content (AvgIpc) is 2.52. The molecule has 0 atom stereocenters. The van der Waals surface area contributed by atoms with E-state index in [2.05, 4.69) is 9.68 Å². The first-order chi connectivity index (χ1) is 6.47. The molecule has 0 aromatic carbocycles. The van der Waals surface area contributed by atoms with Crippen LogP contribution in [0.4, 0.5) is 0 Å². The maximum absolute atomic E-state index is 9.89. The Morgan fingerprint density at radius 2 is 1.93 bits per heavy atom. The quantitative estimate of drug-likeness (QED) is 0.483. The van der Waals surface area contributed by atoms with Gasteiger partial charge < -0.3 is 14.7 Å². The lowest BCUT2D eigenvalue weighted by atomic mass is 10.4. The first kappa shape index (κ1) is 11.8. The molecular formula is C7H7NO6. The van der Waals surface area contributed by atoms with Crippen LogP contribution in [0.25, 0.3) is 0 Å². The Bertz CT molecular complexity index is 330. The number of hydrogen-bond donors (Lipinski definition) is 2. The highest BCUT2D eigenvalue weighted by Gasteiger charge is 2.04. The third kappa shape index (κ3) is 4.65. The topological polar surface area (TPSA) is 118 Å². The summed E-state index contributed by atoms with van der Waals surface area (Å²) in [6, 6.07) is 1.58. The van der Waals surface area contributed by atoms with Crippen molar-refractivity contribution in [3.63, 3.8) is 0 Å². The van der Waals surface area contributed by atoms with Crippen LogP contribution in [-0.4, -0.2) is 33.6 Å². The van der Waals surface area contributed by atoms with E-state index >= 15 is 0 Å². The third-order valence-electron chi connectivity index (χ3n) is 0.945. The van der Waals surface area contributed by atoms with Crippen LogP contribution in [-0.2, 0) is 9.59 Å². The largest absolute Gasteiger partial charge is 0.473 e. The van der Waals surface area contributed by atoms with E-state index in [1.54, 1.807) is 13.0 Å². The molecule has 0 unspecified atom stereocenters. The highest BCUT2D eigenvalue weighted by Crippen LogP contribution is 1.96. The van der Waals surface area contributed by atoms with E-state index < -0.39 is 11.9 Å². The van der Waals surface area contributed by atoms with Gasteiger partial charge in [-0.3, -0.25) is 4.79 Å². The molecule has 0 fully saturated rings. The molecular weight excluding hydrogens is 194 g/mol. The van der Waals surface area contributed by atoms with E-state index in [-0.39, 0.29) is 5.76 Å². The number of rotatable bonds is 1. The molecule has 0 bridgehead atoms. The molecule has 0 amide bonds. The molecule has 0 spiro atoms. The Labute approximate surface area is 77.9 Å². The van der Waals surface area contributed by atoms with Gasteiger partial charge >= 0.3 is 11.9 Å². The van der Waals surface area contributed by atoms with Crippen molar-refractivity contribution in [1.29, 1.82) is 0 Å². The highest BCUT2D eigenvalue weighted by molar-refractivity contribution is 6.27. The van der Waals surface area contributed by atoms with Crippen molar-refractivity contribution < 1.29 is 29.1 Å². The molecule has 0 saturated heterocycles. The summed E-state index contributed by atoms with van der Waals surface area (Å²) in [5.74, 6) is -3.37. The molecule has 1 aromatic heterocycles. The summed E-state index contributed by atoms with van der Waals surface area (Å²) >= 11 is 0. The van der Waals surface area contributed by atoms with Gasteiger partial charge in [0, 0.05) is 6.07 Å². The predicted molar refractivity (Wildman–Crippen MR) is 41.9 cm³/mol. The second-order valence-electron chi connectivity index (χ2n) is 2.10. The number of aromatic nitrogens is 1. The van der Waals surface area contributed by atoms with E-state index in [0.717, 1.165) is 5.69 Å². The van der Waals surface area contributed by atoms with Crippen molar-refractivity contribution >= 4 is 18.2 Å². The van der Waals surface area contributed by atoms with Crippen molar-refractivity contribution in [3.05, 3.63) is 17.5 Å². The zero-order valence-electron chi connectivity index (χ0n) is 7.13. The lowest BCUT2D eigenvalue weighted by molar-refractivity contribution is -0.159. The highest BCUT2D eigenvalue weighted by atomic mass is 16.5. The van der Waals surface area contributed by atoms with E-state index in [4.69, 9.17) is 19.8 Å². The number of aldehydes is 1. The minimum Gasteiger partial charge on any atom is -0.473 e. The van der Waals surface area contributed by atoms with Gasteiger partial charge in [-0.2, -0.15) is 0 Å². The number of carboxylic acids is 2. The fourth-order valence-electron chi connectivity index (χ4n) is 0.439. The molecule has 14 heavy (non-hydrogen) atoms. The molecule has 0 aliphatic carbocycles. The monoisotopic (exact) mass is 201 g/mol. The van der Waals surface area contributed by atoms with Crippen molar-refractivity contribution in [2.45, 2.75) is 6.92 Å². The van der Waals surface area contributed by atoms with Crippen LogP contribution >= 0.6 is 0 Å². The second-order valence-corrected chi connectivity index (χ2v) is 2.10. The van der Waals surface area contributed by atoms with E-state index in [9.17, 15) is 4.79 Å². The fraction of sp³-hybridized carbons (Fsp3) is 0.143. The van der Waals surface area contributed by atoms with Gasteiger partial charge in [0.15, 0.2) is 12.0 Å². The van der Waals surface area contributed by atoms with E-state index in [1.165, 1.54) is 0 Å². The third-order valence-corrected chi connectivity index (χ3v) is 0.945. The van der Waals surface area contributed by atoms with Crippen molar-refractivity contribution in [2.75, 3.05) is 0 Å². The van der Waals surface area contributed by atoms with E-state index in [0.29, 0.717) is 6.29 Å². The summed E-state index contributed by atoms with van der Waals surface area (Å²) in [6.07, 6.45) is 0.625. The van der Waals surface area contributed by atoms with E-state index in [1.807, 2.05) is 0 Å². The maximum Gasteiger partial charge on any atom is 0.414 e. The van der Waals surface area contributed by atoms with Crippen LogP contribution in [0.3, 0.4) is 0 Å². The van der Waals surface area contributed by atoms with Crippen LogP contribution in [0.1, 0.15) is 16.2 Å². The van der Waals surface area contributed by atoms with Crippen LogP contribution in [0.2, 0.25) is 0 Å². The smallest absolute Gasteiger partial charge is 0.414 e. The average molecular weight is 201 g/mol. The molecule has 7 nitrogen and oxygen atoms in total. The predicted octanol–water partition coefficient (Wildman–Crippen LogP) is -0.0489. The number of hydrogen-bond acceptors (Lipinski definition) is 5.